The van der Waals surface area contributed by atoms with E-state index in [1.807, 2.05) is 6.07 Å². The van der Waals surface area contributed by atoms with Crippen molar-refractivity contribution < 1.29 is 9.32 Å². The summed E-state index contributed by atoms with van der Waals surface area (Å²) in [6.45, 7) is 4.69. The van der Waals surface area contributed by atoms with E-state index in [9.17, 15) is 9.59 Å². The van der Waals surface area contributed by atoms with Crippen molar-refractivity contribution in [1.29, 1.82) is 0 Å². The molecule has 8 heteroatoms. The smallest absolute Gasteiger partial charge is 0.368 e. The van der Waals surface area contributed by atoms with Crippen molar-refractivity contribution in [1.82, 2.24) is 19.6 Å². The summed E-state index contributed by atoms with van der Waals surface area (Å²) >= 11 is 0. The van der Waals surface area contributed by atoms with Gasteiger partial charge in [0.25, 0.3) is 0 Å². The van der Waals surface area contributed by atoms with Crippen LogP contribution in [0.15, 0.2) is 58.1 Å². The molecule has 2 aromatic heterocycles. The van der Waals surface area contributed by atoms with E-state index in [1.165, 1.54) is 15.8 Å². The lowest BCUT2D eigenvalue weighted by Crippen LogP contribution is -2.50. The van der Waals surface area contributed by atoms with Crippen LogP contribution in [0.1, 0.15) is 5.56 Å². The molecule has 3 heterocycles. The van der Waals surface area contributed by atoms with Gasteiger partial charge in [-0.25, -0.2) is 9.36 Å². The summed E-state index contributed by atoms with van der Waals surface area (Å²) < 4.78 is 6.03. The second-order valence-corrected chi connectivity index (χ2v) is 6.81. The van der Waals surface area contributed by atoms with Crippen LogP contribution < -0.4 is 10.7 Å². The minimum absolute atomic E-state index is 0.100. The number of anilines is 1. The van der Waals surface area contributed by atoms with E-state index < -0.39 is 5.76 Å². The van der Waals surface area contributed by atoms with Gasteiger partial charge in [0, 0.05) is 49.8 Å². The van der Waals surface area contributed by atoms with Crippen molar-refractivity contribution in [3.05, 3.63) is 64.9 Å². The van der Waals surface area contributed by atoms with Crippen molar-refractivity contribution in [3.63, 3.8) is 0 Å². The van der Waals surface area contributed by atoms with Gasteiger partial charge in [-0.05, 0) is 36.8 Å². The van der Waals surface area contributed by atoms with Crippen LogP contribution in [0.25, 0.3) is 11.4 Å². The largest absolute Gasteiger partial charge is 0.442 e. The third-order valence-corrected chi connectivity index (χ3v) is 4.90. The van der Waals surface area contributed by atoms with Crippen LogP contribution in [0.5, 0.6) is 0 Å². The Bertz CT molecular complexity index is 1020. The van der Waals surface area contributed by atoms with Crippen LogP contribution >= 0.6 is 0 Å². The summed E-state index contributed by atoms with van der Waals surface area (Å²) in [5, 5.41) is 3.80. The maximum atomic E-state index is 12.8. The molecule has 0 spiro atoms. The normalized spacial score (nSPS) is 14.3. The summed E-state index contributed by atoms with van der Waals surface area (Å²) in [5.74, 6) is -0.463. The molecular formula is C20H21N5O3. The molecule has 1 amide bonds. The Balaban J connectivity index is 1.43. The number of benzene rings is 1. The maximum Gasteiger partial charge on any atom is 0.442 e. The summed E-state index contributed by atoms with van der Waals surface area (Å²) in [7, 11) is 0. The van der Waals surface area contributed by atoms with E-state index in [0.29, 0.717) is 24.5 Å². The van der Waals surface area contributed by atoms with Gasteiger partial charge in [0.2, 0.25) is 5.91 Å². The number of rotatable bonds is 4. The van der Waals surface area contributed by atoms with E-state index >= 15 is 0 Å². The van der Waals surface area contributed by atoms with Gasteiger partial charge in [-0.2, -0.15) is 0 Å². The second-order valence-electron chi connectivity index (χ2n) is 6.81. The van der Waals surface area contributed by atoms with E-state index in [-0.39, 0.29) is 12.5 Å². The van der Waals surface area contributed by atoms with E-state index in [2.05, 4.69) is 40.2 Å². The van der Waals surface area contributed by atoms with Crippen molar-refractivity contribution in [2.75, 3.05) is 31.1 Å². The number of hydrogen-bond acceptors (Lipinski definition) is 6. The molecule has 1 aliphatic rings. The van der Waals surface area contributed by atoms with Crippen LogP contribution in [0, 0.1) is 6.92 Å². The first-order chi connectivity index (χ1) is 13.6. The van der Waals surface area contributed by atoms with E-state index in [0.717, 1.165) is 13.1 Å². The molecule has 1 saturated heterocycles. The third-order valence-electron chi connectivity index (χ3n) is 4.90. The standard InChI is InChI=1S/C20H21N5O3/c1-15-4-2-6-17(12-15)23-8-10-24(11-9-23)18(26)14-25-19(22-28-20(25)27)16-5-3-7-21-13-16/h2-7,12-13H,8-11,14H2,1H3. The quantitative estimate of drug-likeness (QED) is 0.684. The van der Waals surface area contributed by atoms with Gasteiger partial charge in [-0.3, -0.25) is 14.3 Å². The topological polar surface area (TPSA) is 84.5 Å². The van der Waals surface area contributed by atoms with Gasteiger partial charge in [0.1, 0.15) is 6.54 Å². The molecule has 0 bridgehead atoms. The Morgan fingerprint density at radius 3 is 2.68 bits per heavy atom. The number of aryl methyl sites for hydroxylation is 1. The van der Waals surface area contributed by atoms with Crippen molar-refractivity contribution in [2.45, 2.75) is 13.5 Å². The lowest BCUT2D eigenvalue weighted by molar-refractivity contribution is -0.132. The monoisotopic (exact) mass is 379 g/mol. The van der Waals surface area contributed by atoms with Gasteiger partial charge in [0.15, 0.2) is 5.82 Å². The van der Waals surface area contributed by atoms with E-state index in [4.69, 9.17) is 4.52 Å². The Hall–Kier alpha value is -3.42. The SMILES string of the molecule is Cc1cccc(N2CCN(C(=O)Cn3c(-c4cccnc4)noc3=O)CC2)c1. The molecular weight excluding hydrogens is 358 g/mol. The Kier molecular flexibility index (Phi) is 4.92. The van der Waals surface area contributed by atoms with Crippen LogP contribution in [-0.2, 0) is 11.3 Å². The molecule has 8 nitrogen and oxygen atoms in total. The molecule has 0 aliphatic carbocycles. The average molecular weight is 379 g/mol. The molecule has 28 heavy (non-hydrogen) atoms. The molecule has 4 rings (SSSR count). The van der Waals surface area contributed by atoms with Crippen LogP contribution in [0.3, 0.4) is 0 Å². The first-order valence-electron chi connectivity index (χ1n) is 9.18. The Morgan fingerprint density at radius 2 is 1.96 bits per heavy atom. The summed E-state index contributed by atoms with van der Waals surface area (Å²) in [6, 6.07) is 11.9. The van der Waals surface area contributed by atoms with Crippen molar-refractivity contribution in [2.24, 2.45) is 0 Å². The zero-order valence-electron chi connectivity index (χ0n) is 15.6. The number of nitrogens with zero attached hydrogens (tertiary/aromatic N) is 5. The zero-order chi connectivity index (χ0) is 19.5. The number of carbonyl (C=O) groups is 1. The van der Waals surface area contributed by atoms with Gasteiger partial charge in [0.05, 0.1) is 0 Å². The first-order valence-corrected chi connectivity index (χ1v) is 9.18. The minimum atomic E-state index is -0.648. The number of aromatic nitrogens is 3. The Morgan fingerprint density at radius 1 is 1.14 bits per heavy atom. The van der Waals surface area contributed by atoms with Gasteiger partial charge in [-0.1, -0.05) is 17.3 Å². The predicted octanol–water partition coefficient (Wildman–Crippen LogP) is 1.56. The highest BCUT2D eigenvalue weighted by molar-refractivity contribution is 5.77. The zero-order valence-corrected chi connectivity index (χ0v) is 15.6. The molecule has 1 aliphatic heterocycles. The maximum absolute atomic E-state index is 12.8. The molecule has 0 radical (unpaired) electrons. The number of carbonyl (C=O) groups excluding carboxylic acids is 1. The molecule has 144 valence electrons. The number of pyridine rings is 1. The molecule has 1 aromatic carbocycles. The number of piperazine rings is 1. The first kappa shape index (κ1) is 18.0. The predicted molar refractivity (Wildman–Crippen MR) is 104 cm³/mol. The van der Waals surface area contributed by atoms with Crippen molar-refractivity contribution in [3.8, 4) is 11.4 Å². The lowest BCUT2D eigenvalue weighted by Gasteiger charge is -2.36. The fraction of sp³-hybridized carbons (Fsp3) is 0.300. The summed E-state index contributed by atoms with van der Waals surface area (Å²) in [6.07, 6.45) is 3.21. The van der Waals surface area contributed by atoms with Crippen LogP contribution in [0.2, 0.25) is 0 Å². The molecule has 3 aromatic rings. The fourth-order valence-corrected chi connectivity index (χ4v) is 3.38. The molecule has 0 unspecified atom stereocenters. The highest BCUT2D eigenvalue weighted by Crippen LogP contribution is 2.18. The van der Waals surface area contributed by atoms with Crippen LogP contribution in [0.4, 0.5) is 5.69 Å². The van der Waals surface area contributed by atoms with Gasteiger partial charge < -0.3 is 9.80 Å². The van der Waals surface area contributed by atoms with Gasteiger partial charge in [-0.15, -0.1) is 0 Å². The summed E-state index contributed by atoms with van der Waals surface area (Å²) in [5.41, 5.74) is 3.01. The highest BCUT2D eigenvalue weighted by atomic mass is 16.5. The lowest BCUT2D eigenvalue weighted by atomic mass is 10.2. The highest BCUT2D eigenvalue weighted by Gasteiger charge is 2.24. The molecule has 0 N–H and O–H groups in total. The summed E-state index contributed by atoms with van der Waals surface area (Å²) in [4.78, 5) is 32.9. The van der Waals surface area contributed by atoms with E-state index in [1.54, 1.807) is 29.4 Å². The van der Waals surface area contributed by atoms with Crippen LogP contribution in [-0.4, -0.2) is 51.7 Å². The van der Waals surface area contributed by atoms with Gasteiger partial charge >= 0.3 is 5.76 Å². The number of amides is 1. The molecule has 1 fully saturated rings. The fourth-order valence-electron chi connectivity index (χ4n) is 3.38. The average Bonchev–Trinajstić information content (AvgIpc) is 3.09. The molecule has 0 saturated carbocycles. The number of hydrogen-bond donors (Lipinski definition) is 0. The minimum Gasteiger partial charge on any atom is -0.368 e. The second kappa shape index (κ2) is 7.67. The molecule has 0 atom stereocenters. The third kappa shape index (κ3) is 3.66. The van der Waals surface area contributed by atoms with Crippen molar-refractivity contribution >= 4 is 11.6 Å². The Labute approximate surface area is 162 Å².